The van der Waals surface area contributed by atoms with Crippen LogP contribution >= 0.6 is 0 Å². The molecule has 82 valence electrons. The molecule has 1 amide bonds. The Morgan fingerprint density at radius 2 is 1.87 bits per heavy atom. The van der Waals surface area contributed by atoms with Gasteiger partial charge in [0.15, 0.2) is 6.10 Å². The Hall–Kier alpha value is -1.39. The lowest BCUT2D eigenvalue weighted by Crippen LogP contribution is -2.33. The topological polar surface area (TPSA) is 83.6 Å². The van der Waals surface area contributed by atoms with Crippen LogP contribution in [0.15, 0.2) is 18.2 Å². The number of rotatable bonds is 3. The maximum atomic E-state index is 10.7. The molecule has 4 heteroatoms. The van der Waals surface area contributed by atoms with Crippen LogP contribution in [0.1, 0.15) is 22.8 Å². The van der Waals surface area contributed by atoms with Crippen molar-refractivity contribution in [3.63, 3.8) is 0 Å². The summed E-state index contributed by atoms with van der Waals surface area (Å²) in [6.07, 6.45) is -2.83. The van der Waals surface area contributed by atoms with E-state index in [-0.39, 0.29) is 0 Å². The summed E-state index contributed by atoms with van der Waals surface area (Å²) < 4.78 is 0. The SMILES string of the molecule is Cc1ccc(C(O)C(O)C(N)=O)cc1C. The Balaban J connectivity index is 2.96. The van der Waals surface area contributed by atoms with Gasteiger partial charge in [0.1, 0.15) is 6.10 Å². The summed E-state index contributed by atoms with van der Waals surface area (Å²) in [6.45, 7) is 3.83. The van der Waals surface area contributed by atoms with Gasteiger partial charge in [-0.2, -0.15) is 0 Å². The van der Waals surface area contributed by atoms with E-state index in [4.69, 9.17) is 5.73 Å². The van der Waals surface area contributed by atoms with Crippen molar-refractivity contribution in [1.29, 1.82) is 0 Å². The maximum Gasteiger partial charge on any atom is 0.249 e. The summed E-state index contributed by atoms with van der Waals surface area (Å²) in [6, 6.07) is 5.22. The van der Waals surface area contributed by atoms with Crippen molar-refractivity contribution >= 4 is 5.91 Å². The fourth-order valence-corrected chi connectivity index (χ4v) is 1.29. The van der Waals surface area contributed by atoms with Crippen LogP contribution < -0.4 is 5.73 Å². The Morgan fingerprint density at radius 1 is 1.27 bits per heavy atom. The molecular formula is C11H15NO3. The lowest BCUT2D eigenvalue weighted by atomic mass is 9.99. The highest BCUT2D eigenvalue weighted by Gasteiger charge is 2.23. The monoisotopic (exact) mass is 209 g/mol. The zero-order chi connectivity index (χ0) is 11.6. The van der Waals surface area contributed by atoms with Crippen molar-refractivity contribution in [2.24, 2.45) is 5.73 Å². The number of aliphatic hydroxyl groups is 2. The summed E-state index contributed by atoms with van der Waals surface area (Å²) in [5.74, 6) is -0.930. The summed E-state index contributed by atoms with van der Waals surface area (Å²) in [7, 11) is 0. The van der Waals surface area contributed by atoms with Crippen LogP contribution in [0.5, 0.6) is 0 Å². The fraction of sp³-hybridized carbons (Fsp3) is 0.364. The molecule has 2 unspecified atom stereocenters. The summed E-state index contributed by atoms with van der Waals surface area (Å²) in [5.41, 5.74) is 7.46. The molecule has 0 aromatic heterocycles. The van der Waals surface area contributed by atoms with Gasteiger partial charge in [-0.1, -0.05) is 18.2 Å². The molecule has 0 fully saturated rings. The van der Waals surface area contributed by atoms with Crippen LogP contribution in [-0.2, 0) is 4.79 Å². The Morgan fingerprint density at radius 3 is 2.33 bits per heavy atom. The fourth-order valence-electron chi connectivity index (χ4n) is 1.29. The maximum absolute atomic E-state index is 10.7. The molecule has 2 atom stereocenters. The second-order valence-corrected chi connectivity index (χ2v) is 3.64. The van der Waals surface area contributed by atoms with Crippen LogP contribution in [-0.4, -0.2) is 22.2 Å². The van der Waals surface area contributed by atoms with Crippen LogP contribution in [0.25, 0.3) is 0 Å². The van der Waals surface area contributed by atoms with E-state index in [9.17, 15) is 15.0 Å². The standard InChI is InChI=1S/C11H15NO3/c1-6-3-4-8(5-7(6)2)9(13)10(14)11(12)15/h3-5,9-10,13-14H,1-2H3,(H2,12,15). The zero-order valence-electron chi connectivity index (χ0n) is 8.77. The molecule has 0 heterocycles. The summed E-state index contributed by atoms with van der Waals surface area (Å²) in [4.78, 5) is 10.7. The second-order valence-electron chi connectivity index (χ2n) is 3.64. The molecule has 0 saturated heterocycles. The van der Waals surface area contributed by atoms with Crippen LogP contribution in [0.3, 0.4) is 0 Å². The minimum Gasteiger partial charge on any atom is -0.385 e. The van der Waals surface area contributed by atoms with E-state index in [1.54, 1.807) is 12.1 Å². The number of amides is 1. The Kier molecular flexibility index (Phi) is 3.44. The average molecular weight is 209 g/mol. The van der Waals surface area contributed by atoms with Gasteiger partial charge in [-0.15, -0.1) is 0 Å². The third-order valence-electron chi connectivity index (χ3n) is 2.46. The molecule has 0 radical (unpaired) electrons. The molecule has 0 aliphatic heterocycles. The first kappa shape index (κ1) is 11.7. The smallest absolute Gasteiger partial charge is 0.249 e. The molecule has 1 rings (SSSR count). The van der Waals surface area contributed by atoms with E-state index in [0.717, 1.165) is 11.1 Å². The van der Waals surface area contributed by atoms with E-state index >= 15 is 0 Å². The summed E-state index contributed by atoms with van der Waals surface area (Å²) >= 11 is 0. The number of carbonyl (C=O) groups excluding carboxylic acids is 1. The number of nitrogens with two attached hydrogens (primary N) is 1. The van der Waals surface area contributed by atoms with E-state index < -0.39 is 18.1 Å². The average Bonchev–Trinajstić information content (AvgIpc) is 2.19. The highest BCUT2D eigenvalue weighted by atomic mass is 16.3. The highest BCUT2D eigenvalue weighted by molar-refractivity contribution is 5.79. The van der Waals surface area contributed by atoms with Gasteiger partial charge in [0.2, 0.25) is 5.91 Å². The molecular weight excluding hydrogens is 194 g/mol. The zero-order valence-corrected chi connectivity index (χ0v) is 8.77. The predicted molar refractivity (Wildman–Crippen MR) is 56.1 cm³/mol. The molecule has 0 bridgehead atoms. The summed E-state index contributed by atoms with van der Waals surface area (Å²) in [5, 5.41) is 18.9. The number of carbonyl (C=O) groups is 1. The molecule has 1 aromatic rings. The third-order valence-corrected chi connectivity index (χ3v) is 2.46. The normalized spacial score (nSPS) is 14.7. The lowest BCUT2D eigenvalue weighted by Gasteiger charge is -2.16. The van der Waals surface area contributed by atoms with Gasteiger partial charge in [0, 0.05) is 0 Å². The third kappa shape index (κ3) is 2.55. The predicted octanol–water partition coefficient (Wildman–Crippen LogP) is 0.183. The Labute approximate surface area is 88.3 Å². The second kappa shape index (κ2) is 4.42. The molecule has 0 aliphatic rings. The van der Waals surface area contributed by atoms with Gasteiger partial charge in [0.25, 0.3) is 0 Å². The van der Waals surface area contributed by atoms with E-state index in [2.05, 4.69) is 0 Å². The number of hydrogen-bond donors (Lipinski definition) is 3. The minimum atomic E-state index is -1.56. The first-order valence-corrected chi connectivity index (χ1v) is 4.66. The van der Waals surface area contributed by atoms with Crippen molar-refractivity contribution in [2.45, 2.75) is 26.1 Å². The van der Waals surface area contributed by atoms with Crippen molar-refractivity contribution in [3.8, 4) is 0 Å². The number of aliphatic hydroxyl groups excluding tert-OH is 2. The number of benzene rings is 1. The van der Waals surface area contributed by atoms with Crippen molar-refractivity contribution in [1.82, 2.24) is 0 Å². The molecule has 15 heavy (non-hydrogen) atoms. The molecule has 1 aromatic carbocycles. The van der Waals surface area contributed by atoms with Crippen molar-refractivity contribution in [3.05, 3.63) is 34.9 Å². The Bertz CT molecular complexity index is 376. The largest absolute Gasteiger partial charge is 0.385 e. The molecule has 4 N–H and O–H groups in total. The molecule has 0 aliphatic carbocycles. The lowest BCUT2D eigenvalue weighted by molar-refractivity contribution is -0.131. The molecule has 0 spiro atoms. The quantitative estimate of drug-likeness (QED) is 0.664. The van der Waals surface area contributed by atoms with E-state index in [1.807, 2.05) is 19.9 Å². The minimum absolute atomic E-state index is 0.490. The van der Waals surface area contributed by atoms with Gasteiger partial charge in [-0.05, 0) is 30.5 Å². The first-order valence-electron chi connectivity index (χ1n) is 4.66. The van der Waals surface area contributed by atoms with Crippen molar-refractivity contribution < 1.29 is 15.0 Å². The van der Waals surface area contributed by atoms with Crippen LogP contribution in [0, 0.1) is 13.8 Å². The van der Waals surface area contributed by atoms with E-state index in [0.29, 0.717) is 5.56 Å². The number of aryl methyl sites for hydroxylation is 2. The van der Waals surface area contributed by atoms with Crippen LogP contribution in [0.2, 0.25) is 0 Å². The van der Waals surface area contributed by atoms with E-state index in [1.165, 1.54) is 0 Å². The highest BCUT2D eigenvalue weighted by Crippen LogP contribution is 2.19. The van der Waals surface area contributed by atoms with Gasteiger partial charge < -0.3 is 15.9 Å². The van der Waals surface area contributed by atoms with Gasteiger partial charge >= 0.3 is 0 Å². The number of hydrogen-bond acceptors (Lipinski definition) is 3. The van der Waals surface area contributed by atoms with Gasteiger partial charge in [0.05, 0.1) is 0 Å². The first-order chi connectivity index (χ1) is 6.93. The van der Waals surface area contributed by atoms with Gasteiger partial charge in [-0.3, -0.25) is 4.79 Å². The number of primary amides is 1. The molecule has 4 nitrogen and oxygen atoms in total. The van der Waals surface area contributed by atoms with Crippen LogP contribution in [0.4, 0.5) is 0 Å². The van der Waals surface area contributed by atoms with Crippen molar-refractivity contribution in [2.75, 3.05) is 0 Å². The molecule has 0 saturated carbocycles. The van der Waals surface area contributed by atoms with Gasteiger partial charge in [-0.25, -0.2) is 0 Å².